The Kier molecular flexibility index (Phi) is 13.3. The highest BCUT2D eigenvalue weighted by Gasteiger charge is 2.44. The molecule has 3 aliphatic rings. The standard InChI is InChI=1S/C48H58N4O13/c1-22-14-13-15-23(2)47(59)50-38-42(58)34-33(37-45(38)64-32-21-29(20-30(54)36(32)49-37)52-17-11-10-12-18-52)35-44(27(6)41(34)57)65-48(8,46(35)51-60)62-19-16-31(61-9)24(3)43(63-28(7)53)26(5)40(56)25(4)39(22)55/h13-16,19-22,24-26,31,39-40,43,51,55-57,60H,10-12,17-18H2,1-9H3,(H,50,59)/b14-13+,19-16+,23-15-/t22-,24+,25+,26+,31-,39-,40+,43+,48-/m0/s1. The summed E-state index contributed by atoms with van der Waals surface area (Å²) in [5.41, 5.74) is 0.846. The lowest BCUT2D eigenvalue weighted by Gasteiger charge is -2.38. The van der Waals surface area contributed by atoms with Crippen LogP contribution < -0.4 is 36.5 Å². The maximum Gasteiger partial charge on any atom is 0.302 e. The molecule has 1 saturated heterocycles. The average Bonchev–Trinajstić information content (AvgIpc) is 3.59. The van der Waals surface area contributed by atoms with Crippen LogP contribution in [0.2, 0.25) is 0 Å². The molecule has 4 aromatic rings. The summed E-state index contributed by atoms with van der Waals surface area (Å²) in [5, 5.41) is 48.2. The molecule has 1 aromatic heterocycles. The van der Waals surface area contributed by atoms with Gasteiger partial charge in [0.2, 0.25) is 10.9 Å². The van der Waals surface area contributed by atoms with Gasteiger partial charge in [-0.05, 0) is 39.2 Å². The van der Waals surface area contributed by atoms with Crippen molar-refractivity contribution in [3.05, 3.63) is 79.5 Å². The number of aliphatic hydroxyl groups excluding tert-OH is 2. The molecule has 4 bridgehead atoms. The van der Waals surface area contributed by atoms with E-state index in [1.165, 1.54) is 59.3 Å². The first kappa shape index (κ1) is 47.0. The number of esters is 1. The number of anilines is 2. The molecule has 6 N–H and O–H groups in total. The second-order valence-electron chi connectivity index (χ2n) is 17.7. The number of ether oxygens (including phenoxy) is 4. The molecule has 65 heavy (non-hydrogen) atoms. The molecule has 0 radical (unpaired) electrons. The fourth-order valence-electron chi connectivity index (χ4n) is 9.39. The Morgan fingerprint density at radius 2 is 1.68 bits per heavy atom. The van der Waals surface area contributed by atoms with Crippen molar-refractivity contribution in [1.82, 2.24) is 10.5 Å². The lowest BCUT2D eigenvalue weighted by molar-refractivity contribution is -0.160. The van der Waals surface area contributed by atoms with Crippen LogP contribution in [0.3, 0.4) is 0 Å². The minimum atomic E-state index is -1.88. The van der Waals surface area contributed by atoms with Crippen LogP contribution in [-0.4, -0.2) is 87.8 Å². The number of nitrogens with zero attached hydrogens (tertiary/aromatic N) is 2. The van der Waals surface area contributed by atoms with E-state index in [1.54, 1.807) is 45.9 Å². The molecule has 0 unspecified atom stereocenters. The van der Waals surface area contributed by atoms with E-state index in [4.69, 9.17) is 28.3 Å². The Balaban J connectivity index is 1.51. The van der Waals surface area contributed by atoms with Gasteiger partial charge in [0.25, 0.3) is 11.7 Å². The Hall–Kier alpha value is -6.01. The first-order valence-electron chi connectivity index (χ1n) is 21.9. The second-order valence-corrected chi connectivity index (χ2v) is 17.7. The Morgan fingerprint density at radius 1 is 0.969 bits per heavy atom. The van der Waals surface area contributed by atoms with E-state index in [0.717, 1.165) is 32.4 Å². The smallest absolute Gasteiger partial charge is 0.302 e. The summed E-state index contributed by atoms with van der Waals surface area (Å²) in [4.78, 5) is 62.1. The van der Waals surface area contributed by atoms with Gasteiger partial charge < -0.3 is 48.9 Å². The summed E-state index contributed by atoms with van der Waals surface area (Å²) in [6, 6.07) is 3.15. The van der Waals surface area contributed by atoms with E-state index < -0.39 is 82.4 Å². The molecule has 7 rings (SSSR count). The molecule has 0 spiro atoms. The molecule has 0 saturated carbocycles. The zero-order chi connectivity index (χ0) is 47.2. The summed E-state index contributed by atoms with van der Waals surface area (Å²) in [7, 11) is 1.45. The van der Waals surface area contributed by atoms with Gasteiger partial charge in [0, 0.05) is 92.1 Å². The number of piperidine rings is 1. The third-order valence-electron chi connectivity index (χ3n) is 13.3. The first-order valence-corrected chi connectivity index (χ1v) is 21.9. The van der Waals surface area contributed by atoms with Crippen molar-refractivity contribution in [2.45, 2.75) is 105 Å². The number of hydrogen-bond acceptors (Lipinski definition) is 16. The normalized spacial score (nSPS) is 29.8. The fraction of sp³-hybridized carbons (Fsp3) is 0.479. The summed E-state index contributed by atoms with van der Waals surface area (Å²) in [6.45, 7) is 14.1. The maximum absolute atomic E-state index is 14.9. The predicted octanol–water partition coefficient (Wildman–Crippen LogP) is 4.97. The lowest BCUT2D eigenvalue weighted by atomic mass is 9.78. The third-order valence-corrected chi connectivity index (χ3v) is 13.3. The zero-order valence-corrected chi connectivity index (χ0v) is 38.1. The third kappa shape index (κ3) is 8.53. The lowest BCUT2D eigenvalue weighted by Crippen LogP contribution is -2.46. The van der Waals surface area contributed by atoms with E-state index in [2.05, 4.69) is 15.7 Å². The minimum Gasteiger partial charge on any atom is -0.507 e. The number of rotatable bonds is 4. The molecule has 3 aromatic carbocycles. The van der Waals surface area contributed by atoms with Crippen molar-refractivity contribution in [3.8, 4) is 11.5 Å². The van der Waals surface area contributed by atoms with E-state index >= 15 is 0 Å². The van der Waals surface area contributed by atoms with Crippen LogP contribution >= 0.6 is 0 Å². The van der Waals surface area contributed by atoms with Crippen LogP contribution in [0.15, 0.2) is 62.3 Å². The van der Waals surface area contributed by atoms with Gasteiger partial charge in [-0.15, -0.1) is 0 Å². The molecule has 17 heteroatoms. The summed E-state index contributed by atoms with van der Waals surface area (Å²) < 4.78 is 30.7. The van der Waals surface area contributed by atoms with Crippen LogP contribution in [-0.2, 0) is 23.8 Å². The largest absolute Gasteiger partial charge is 0.507 e. The highest BCUT2D eigenvalue weighted by atomic mass is 16.7. The van der Waals surface area contributed by atoms with Gasteiger partial charge in [0.1, 0.15) is 34.5 Å². The van der Waals surface area contributed by atoms with Crippen LogP contribution in [0.5, 0.6) is 11.5 Å². The van der Waals surface area contributed by atoms with Crippen molar-refractivity contribution in [1.29, 1.82) is 0 Å². The summed E-state index contributed by atoms with van der Waals surface area (Å²) in [5.74, 6) is -6.24. The number of carbonyl (C=O) groups excluding carboxylic acids is 2. The van der Waals surface area contributed by atoms with Gasteiger partial charge in [-0.25, -0.2) is 4.98 Å². The van der Waals surface area contributed by atoms with Gasteiger partial charge in [0.05, 0.1) is 35.2 Å². The van der Waals surface area contributed by atoms with Crippen molar-refractivity contribution in [2.75, 3.05) is 30.4 Å². The number of aliphatic hydroxyl groups is 2. The number of amides is 1. The molecule has 0 aliphatic carbocycles. The van der Waals surface area contributed by atoms with E-state index in [-0.39, 0.29) is 66.5 Å². The number of allylic oxidation sites excluding steroid dienone is 2. The molecule has 17 nitrogen and oxygen atoms in total. The number of hydrogen-bond donors (Lipinski definition) is 6. The van der Waals surface area contributed by atoms with E-state index in [9.17, 15) is 39.7 Å². The quantitative estimate of drug-likeness (QED) is 0.0686. The van der Waals surface area contributed by atoms with Gasteiger partial charge in [-0.3, -0.25) is 29.9 Å². The van der Waals surface area contributed by atoms with Crippen molar-refractivity contribution in [2.24, 2.45) is 23.7 Å². The van der Waals surface area contributed by atoms with Gasteiger partial charge >= 0.3 is 5.97 Å². The van der Waals surface area contributed by atoms with Gasteiger partial charge in [-0.1, -0.05) is 45.9 Å². The molecule has 348 valence electrons. The van der Waals surface area contributed by atoms with Crippen molar-refractivity contribution in [3.63, 3.8) is 0 Å². The van der Waals surface area contributed by atoms with Crippen LogP contribution in [0.4, 0.5) is 11.4 Å². The van der Waals surface area contributed by atoms with Gasteiger partial charge in [-0.2, -0.15) is 0 Å². The second kappa shape index (κ2) is 18.5. The zero-order valence-electron chi connectivity index (χ0n) is 38.1. The number of phenolic OH excluding ortho intramolecular Hbond substituents is 1. The van der Waals surface area contributed by atoms with E-state index in [1.807, 2.05) is 0 Å². The molecule has 9 atom stereocenters. The molecule has 3 aliphatic heterocycles. The number of hydroxylamine groups is 1. The molecular weight excluding hydrogens is 841 g/mol. The number of benzene rings is 3. The van der Waals surface area contributed by atoms with Crippen molar-refractivity contribution < 1.29 is 53.5 Å². The topological polar surface area (TPSA) is 239 Å². The SMILES string of the molecule is CO[C@H]1/C=C/O[C@@]2(C)Oc3c(C)c(O)c4c(=O)c(c5oc6cc(N7CCCCC7)cc(=O)c6nc5c4c3=C2NO)NC(=O)/C(C)=C\C=C\[C@H](C)[C@H](O)[C@@H](C)[C@@H](O)[C@@H](C)[C@H](OC(C)=O)[C@@H]1C. The van der Waals surface area contributed by atoms with Crippen LogP contribution in [0.1, 0.15) is 73.3 Å². The number of phenols is 1. The predicted molar refractivity (Wildman–Crippen MR) is 243 cm³/mol. The fourth-order valence-corrected chi connectivity index (χ4v) is 9.39. The molecule has 4 heterocycles. The average molecular weight is 899 g/mol. The summed E-state index contributed by atoms with van der Waals surface area (Å²) in [6.07, 6.45) is 6.56. The maximum atomic E-state index is 14.9. The Morgan fingerprint density at radius 3 is 2.34 bits per heavy atom. The van der Waals surface area contributed by atoms with E-state index in [0.29, 0.717) is 5.69 Å². The van der Waals surface area contributed by atoms with Crippen LogP contribution in [0.25, 0.3) is 38.7 Å². The highest BCUT2D eigenvalue weighted by Crippen LogP contribution is 2.42. The number of methoxy groups -OCH3 is 1. The number of fused-ring (bicyclic) bond motifs is 2. The number of aromatic nitrogens is 1. The van der Waals surface area contributed by atoms with Gasteiger partial charge in [0.15, 0.2) is 16.7 Å². The molecule has 1 amide bonds. The Labute approximate surface area is 374 Å². The van der Waals surface area contributed by atoms with Crippen LogP contribution in [0, 0.1) is 30.6 Å². The molecule has 1 fully saturated rings. The van der Waals surface area contributed by atoms with Crippen molar-refractivity contribution >= 4 is 61.9 Å². The number of carbonyl (C=O) groups is 2. The number of aromatic hydroxyl groups is 1. The first-order chi connectivity index (χ1) is 30.8. The highest BCUT2D eigenvalue weighted by molar-refractivity contribution is 6.17. The minimum absolute atomic E-state index is 0.000595. The Bertz CT molecular complexity index is 2810. The number of nitrogens with one attached hydrogen (secondary N) is 2. The monoisotopic (exact) mass is 898 g/mol. The molecular formula is C48H58N4O13. The summed E-state index contributed by atoms with van der Waals surface area (Å²) >= 11 is 0.